The van der Waals surface area contributed by atoms with Crippen molar-refractivity contribution in [1.29, 1.82) is 0 Å². The molecule has 8 heteroatoms. The van der Waals surface area contributed by atoms with Gasteiger partial charge in [-0.25, -0.2) is 4.79 Å². The molecule has 2 saturated heterocycles. The average molecular weight is 464 g/mol. The molecule has 2 atom stereocenters. The van der Waals surface area contributed by atoms with Gasteiger partial charge in [-0.15, -0.1) is 0 Å². The van der Waals surface area contributed by atoms with Gasteiger partial charge in [0.15, 0.2) is 0 Å². The van der Waals surface area contributed by atoms with Crippen LogP contribution in [0, 0.1) is 5.92 Å². The van der Waals surface area contributed by atoms with Crippen LogP contribution < -0.4 is 4.74 Å². The van der Waals surface area contributed by atoms with Gasteiger partial charge < -0.3 is 9.84 Å². The van der Waals surface area contributed by atoms with Crippen molar-refractivity contribution in [3.05, 3.63) is 28.7 Å². The lowest BCUT2D eigenvalue weighted by Gasteiger charge is -2.48. The molecular formula is C20H25BrF3NO3. The van der Waals surface area contributed by atoms with E-state index in [4.69, 9.17) is 14.6 Å². The van der Waals surface area contributed by atoms with Gasteiger partial charge in [0.25, 0.3) is 0 Å². The van der Waals surface area contributed by atoms with Crippen LogP contribution in [0.3, 0.4) is 0 Å². The number of fused-ring (bicyclic) bond motifs is 2. The first-order valence-corrected chi connectivity index (χ1v) is 10.5. The second kappa shape index (κ2) is 9.03. The maximum absolute atomic E-state index is 10.6. The maximum atomic E-state index is 10.6. The summed E-state index contributed by atoms with van der Waals surface area (Å²) >= 11 is 3.53. The molecule has 3 aliphatic rings. The summed E-state index contributed by atoms with van der Waals surface area (Å²) < 4.78 is 39.1. The number of rotatable bonds is 4. The van der Waals surface area contributed by atoms with E-state index in [1.54, 1.807) is 0 Å². The number of halogens is 4. The Morgan fingerprint density at radius 3 is 2.29 bits per heavy atom. The zero-order valence-corrected chi connectivity index (χ0v) is 17.1. The number of carbonyl (C=O) groups is 1. The number of carboxylic acids is 1. The SMILES string of the molecule is Brc1cccc(OC2CC3CCCC(C2)N3CC2CC2)c1.O=C(O)C(F)(F)F. The summed E-state index contributed by atoms with van der Waals surface area (Å²) in [6.07, 6.45) is 4.86. The highest BCUT2D eigenvalue weighted by Crippen LogP contribution is 2.39. The zero-order valence-electron chi connectivity index (χ0n) is 15.5. The minimum absolute atomic E-state index is 0.407. The minimum Gasteiger partial charge on any atom is -0.490 e. The largest absolute Gasteiger partial charge is 0.490 e. The molecule has 2 heterocycles. The molecule has 1 aromatic carbocycles. The molecule has 0 amide bonds. The molecule has 1 aliphatic carbocycles. The Morgan fingerprint density at radius 1 is 1.18 bits per heavy atom. The normalized spacial score (nSPS) is 27.5. The number of carboxylic acid groups (broad SMARTS) is 1. The number of alkyl halides is 3. The van der Waals surface area contributed by atoms with E-state index in [0.29, 0.717) is 6.10 Å². The fourth-order valence-corrected chi connectivity index (χ4v) is 4.53. The second-order valence-electron chi connectivity index (χ2n) is 7.85. The van der Waals surface area contributed by atoms with Gasteiger partial charge >= 0.3 is 12.1 Å². The van der Waals surface area contributed by atoms with Crippen molar-refractivity contribution in [2.45, 2.75) is 69.3 Å². The predicted molar refractivity (Wildman–Crippen MR) is 102 cm³/mol. The Morgan fingerprint density at radius 2 is 1.79 bits per heavy atom. The van der Waals surface area contributed by atoms with Gasteiger partial charge in [-0.3, -0.25) is 4.90 Å². The summed E-state index contributed by atoms with van der Waals surface area (Å²) in [5, 5.41) is 7.12. The first-order valence-electron chi connectivity index (χ1n) is 9.70. The highest BCUT2D eigenvalue weighted by Gasteiger charge is 2.41. The van der Waals surface area contributed by atoms with Crippen molar-refractivity contribution >= 4 is 21.9 Å². The highest BCUT2D eigenvalue weighted by molar-refractivity contribution is 9.10. The third kappa shape index (κ3) is 6.11. The first-order chi connectivity index (χ1) is 13.2. The van der Waals surface area contributed by atoms with Gasteiger partial charge in [0, 0.05) is 23.1 Å². The molecule has 2 bridgehead atoms. The summed E-state index contributed by atoms with van der Waals surface area (Å²) in [5.41, 5.74) is 0. The summed E-state index contributed by atoms with van der Waals surface area (Å²) in [5.74, 6) is -0.730. The fourth-order valence-electron chi connectivity index (χ4n) is 4.15. The Labute approximate surface area is 171 Å². The van der Waals surface area contributed by atoms with Crippen LogP contribution >= 0.6 is 15.9 Å². The molecule has 0 aromatic heterocycles. The Kier molecular flexibility index (Phi) is 6.91. The molecule has 3 fully saturated rings. The Hall–Kier alpha value is -1.28. The molecule has 156 valence electrons. The molecule has 2 unspecified atom stereocenters. The number of nitrogens with zero attached hydrogens (tertiary/aromatic N) is 1. The minimum atomic E-state index is -5.08. The van der Waals surface area contributed by atoms with Gasteiger partial charge in [0.2, 0.25) is 0 Å². The van der Waals surface area contributed by atoms with E-state index in [2.05, 4.69) is 45.1 Å². The van der Waals surface area contributed by atoms with E-state index >= 15 is 0 Å². The van der Waals surface area contributed by atoms with E-state index in [-0.39, 0.29) is 0 Å². The number of piperidine rings is 2. The molecular weight excluding hydrogens is 439 g/mol. The molecule has 28 heavy (non-hydrogen) atoms. The zero-order chi connectivity index (χ0) is 20.3. The van der Waals surface area contributed by atoms with Crippen molar-refractivity contribution in [3.8, 4) is 5.75 Å². The van der Waals surface area contributed by atoms with E-state index in [1.165, 1.54) is 51.5 Å². The smallest absolute Gasteiger partial charge is 0.490 e. The van der Waals surface area contributed by atoms with Crippen molar-refractivity contribution in [1.82, 2.24) is 4.90 Å². The molecule has 1 saturated carbocycles. The van der Waals surface area contributed by atoms with Crippen LogP contribution in [0.25, 0.3) is 0 Å². The van der Waals surface area contributed by atoms with Crippen molar-refractivity contribution in [2.75, 3.05) is 6.54 Å². The molecule has 4 rings (SSSR count). The average Bonchev–Trinajstić information content (AvgIpc) is 3.39. The van der Waals surface area contributed by atoms with Crippen LogP contribution in [-0.2, 0) is 4.79 Å². The lowest BCUT2D eigenvalue weighted by atomic mass is 9.82. The lowest BCUT2D eigenvalue weighted by molar-refractivity contribution is -0.192. The van der Waals surface area contributed by atoms with Crippen molar-refractivity contribution in [2.24, 2.45) is 5.92 Å². The highest BCUT2D eigenvalue weighted by atomic mass is 79.9. The Balaban J connectivity index is 0.000000279. The molecule has 4 nitrogen and oxygen atoms in total. The summed E-state index contributed by atoms with van der Waals surface area (Å²) in [6, 6.07) is 9.83. The number of aliphatic carboxylic acids is 1. The van der Waals surface area contributed by atoms with Crippen LogP contribution in [0.15, 0.2) is 28.7 Å². The summed E-state index contributed by atoms with van der Waals surface area (Å²) in [6.45, 7) is 1.36. The van der Waals surface area contributed by atoms with Gasteiger partial charge in [0.05, 0.1) is 0 Å². The maximum Gasteiger partial charge on any atom is 0.490 e. The monoisotopic (exact) mass is 463 g/mol. The van der Waals surface area contributed by atoms with E-state index in [9.17, 15) is 13.2 Å². The number of hydrogen-bond donors (Lipinski definition) is 1. The molecule has 0 radical (unpaired) electrons. The Bertz CT molecular complexity index is 667. The van der Waals surface area contributed by atoms with Crippen LogP contribution in [-0.4, -0.2) is 46.9 Å². The standard InChI is InChI=1S/C18H24BrNO.C2HF3O2/c19-14-3-1-6-17(9-14)21-18-10-15-4-2-5-16(11-18)20(15)12-13-7-8-13;3-2(4,5)1(6)7/h1,3,6,9,13,15-16,18H,2,4-5,7-8,10-12H2;(H,6,7). The fraction of sp³-hybridized carbons (Fsp3) is 0.650. The summed E-state index contributed by atoms with van der Waals surface area (Å²) in [7, 11) is 0. The lowest BCUT2D eigenvalue weighted by Crippen LogP contribution is -2.55. The van der Waals surface area contributed by atoms with Crippen LogP contribution in [0.5, 0.6) is 5.75 Å². The third-order valence-electron chi connectivity index (χ3n) is 5.59. The van der Waals surface area contributed by atoms with E-state index in [1.807, 2.05) is 0 Å². The van der Waals surface area contributed by atoms with Crippen LogP contribution in [0.2, 0.25) is 0 Å². The van der Waals surface area contributed by atoms with Gasteiger partial charge in [-0.2, -0.15) is 13.2 Å². The first kappa shape index (κ1) is 21.4. The summed E-state index contributed by atoms with van der Waals surface area (Å²) in [4.78, 5) is 11.7. The van der Waals surface area contributed by atoms with Gasteiger partial charge in [-0.05, 0) is 62.6 Å². The molecule has 2 aliphatic heterocycles. The molecule has 0 spiro atoms. The third-order valence-corrected chi connectivity index (χ3v) is 6.08. The van der Waals surface area contributed by atoms with Crippen LogP contribution in [0.1, 0.15) is 44.9 Å². The predicted octanol–water partition coefficient (Wildman–Crippen LogP) is 5.26. The van der Waals surface area contributed by atoms with Crippen LogP contribution in [0.4, 0.5) is 13.2 Å². The number of benzene rings is 1. The molecule has 1 aromatic rings. The molecule has 1 N–H and O–H groups in total. The van der Waals surface area contributed by atoms with E-state index in [0.717, 1.165) is 28.2 Å². The topological polar surface area (TPSA) is 49.8 Å². The number of ether oxygens (including phenoxy) is 1. The van der Waals surface area contributed by atoms with Gasteiger partial charge in [0.1, 0.15) is 11.9 Å². The second-order valence-corrected chi connectivity index (χ2v) is 8.77. The van der Waals surface area contributed by atoms with Gasteiger partial charge in [-0.1, -0.05) is 28.4 Å². The van der Waals surface area contributed by atoms with Crippen molar-refractivity contribution < 1.29 is 27.8 Å². The quantitative estimate of drug-likeness (QED) is 0.661. The van der Waals surface area contributed by atoms with E-state index < -0.39 is 12.1 Å². The van der Waals surface area contributed by atoms with Crippen molar-refractivity contribution in [3.63, 3.8) is 0 Å². The number of hydrogen-bond acceptors (Lipinski definition) is 3.